The number of fused-ring (bicyclic) bond motifs is 1. The average Bonchev–Trinajstić information content (AvgIpc) is 3.04. The highest BCUT2D eigenvalue weighted by molar-refractivity contribution is 7.99. The Morgan fingerprint density at radius 1 is 0.885 bits per heavy atom. The topological polar surface area (TPSA) is 43.6 Å². The van der Waals surface area contributed by atoms with Crippen molar-refractivity contribution in [2.75, 3.05) is 0 Å². The Morgan fingerprint density at radius 2 is 1.46 bits per heavy atom. The lowest BCUT2D eigenvalue weighted by Crippen LogP contribution is -1.99. The van der Waals surface area contributed by atoms with E-state index in [9.17, 15) is 8.78 Å². The minimum atomic E-state index is -0.298. The van der Waals surface area contributed by atoms with E-state index in [0.717, 1.165) is 27.2 Å². The molecule has 0 radical (unpaired) electrons. The van der Waals surface area contributed by atoms with E-state index in [1.807, 2.05) is 7.05 Å². The van der Waals surface area contributed by atoms with Crippen molar-refractivity contribution in [3.63, 3.8) is 0 Å². The average molecular weight is 368 g/mol. The van der Waals surface area contributed by atoms with Crippen LogP contribution in [0.15, 0.2) is 66.1 Å². The van der Waals surface area contributed by atoms with Crippen molar-refractivity contribution >= 4 is 22.8 Å². The van der Waals surface area contributed by atoms with Crippen LogP contribution >= 0.6 is 11.8 Å². The fraction of sp³-hybridized carbons (Fsp3) is 0.105. The van der Waals surface area contributed by atoms with Crippen LogP contribution in [0.2, 0.25) is 0 Å². The molecular weight excluding hydrogens is 354 g/mol. The van der Waals surface area contributed by atoms with Gasteiger partial charge in [-0.2, -0.15) is 5.10 Å². The number of thioether (sulfide) groups is 1. The highest BCUT2D eigenvalue weighted by atomic mass is 32.2. The molecule has 0 saturated heterocycles. The summed E-state index contributed by atoms with van der Waals surface area (Å²) in [4.78, 5) is 8.65. The van der Waals surface area contributed by atoms with Crippen molar-refractivity contribution in [1.82, 2.24) is 19.7 Å². The molecule has 0 amide bonds. The van der Waals surface area contributed by atoms with Crippen LogP contribution in [0.4, 0.5) is 8.78 Å². The van der Waals surface area contributed by atoms with Crippen molar-refractivity contribution in [3.8, 4) is 0 Å². The van der Waals surface area contributed by atoms with Gasteiger partial charge < -0.3 is 0 Å². The third kappa shape index (κ3) is 3.17. The predicted molar refractivity (Wildman–Crippen MR) is 96.8 cm³/mol. The Kier molecular flexibility index (Phi) is 4.38. The Balaban J connectivity index is 1.79. The van der Waals surface area contributed by atoms with Gasteiger partial charge in [0.15, 0.2) is 5.65 Å². The van der Waals surface area contributed by atoms with Crippen LogP contribution in [-0.4, -0.2) is 19.7 Å². The minimum absolute atomic E-state index is 0.172. The van der Waals surface area contributed by atoms with Crippen LogP contribution < -0.4 is 0 Å². The standard InChI is InChI=1S/C19H14F2N4S/c1-25-18-16(10-24-25)19(23-11-22-18)26-17(12-2-6-14(20)7-3-12)13-4-8-15(21)9-5-13/h2-11,17H,1H3. The van der Waals surface area contributed by atoms with E-state index in [0.29, 0.717) is 0 Å². The zero-order valence-electron chi connectivity index (χ0n) is 13.8. The molecule has 2 aromatic heterocycles. The summed E-state index contributed by atoms with van der Waals surface area (Å²) in [6.07, 6.45) is 3.22. The van der Waals surface area contributed by atoms with Crippen molar-refractivity contribution in [1.29, 1.82) is 0 Å². The van der Waals surface area contributed by atoms with Crippen molar-refractivity contribution < 1.29 is 8.78 Å². The summed E-state index contributed by atoms with van der Waals surface area (Å²) in [5, 5.41) is 5.67. The van der Waals surface area contributed by atoms with Crippen LogP contribution in [0, 0.1) is 11.6 Å². The molecule has 0 N–H and O–H groups in total. The molecule has 4 nitrogen and oxygen atoms in total. The number of hydrogen-bond donors (Lipinski definition) is 0. The lowest BCUT2D eigenvalue weighted by atomic mass is 10.0. The lowest BCUT2D eigenvalue weighted by molar-refractivity contribution is 0.626. The van der Waals surface area contributed by atoms with Gasteiger partial charge >= 0.3 is 0 Å². The second-order valence-corrected chi connectivity index (χ2v) is 6.88. The maximum absolute atomic E-state index is 13.4. The Morgan fingerprint density at radius 3 is 2.04 bits per heavy atom. The normalized spacial score (nSPS) is 11.4. The number of rotatable bonds is 4. The fourth-order valence-corrected chi connectivity index (χ4v) is 3.94. The van der Waals surface area contributed by atoms with Crippen LogP contribution in [0.3, 0.4) is 0 Å². The fourth-order valence-electron chi connectivity index (χ4n) is 2.75. The number of aromatic nitrogens is 4. The quantitative estimate of drug-likeness (QED) is 0.392. The van der Waals surface area contributed by atoms with Gasteiger partial charge in [-0.1, -0.05) is 36.0 Å². The molecule has 0 aliphatic rings. The first-order valence-electron chi connectivity index (χ1n) is 7.92. The predicted octanol–water partition coefficient (Wildman–Crippen LogP) is 4.52. The van der Waals surface area contributed by atoms with Crippen molar-refractivity contribution in [2.24, 2.45) is 7.05 Å². The Hall–Kier alpha value is -2.80. The van der Waals surface area contributed by atoms with Gasteiger partial charge in [0.25, 0.3) is 0 Å². The number of benzene rings is 2. The van der Waals surface area contributed by atoms with E-state index in [2.05, 4.69) is 15.1 Å². The second-order valence-electron chi connectivity index (χ2n) is 5.79. The van der Waals surface area contributed by atoms with Crippen LogP contribution in [0.5, 0.6) is 0 Å². The SMILES string of the molecule is Cn1ncc2c(SC(c3ccc(F)cc3)c3ccc(F)cc3)ncnc21. The van der Waals surface area contributed by atoms with Crippen molar-refractivity contribution in [3.05, 3.63) is 83.8 Å². The van der Waals surface area contributed by atoms with E-state index in [4.69, 9.17) is 0 Å². The molecule has 0 fully saturated rings. The first-order valence-corrected chi connectivity index (χ1v) is 8.80. The molecule has 4 rings (SSSR count). The summed E-state index contributed by atoms with van der Waals surface area (Å²) >= 11 is 1.50. The maximum atomic E-state index is 13.4. The summed E-state index contributed by atoms with van der Waals surface area (Å²) < 4.78 is 28.4. The molecule has 26 heavy (non-hydrogen) atoms. The molecule has 130 valence electrons. The van der Waals surface area contributed by atoms with Crippen LogP contribution in [0.25, 0.3) is 11.0 Å². The summed E-state index contributed by atoms with van der Waals surface area (Å²) in [5.41, 5.74) is 2.54. The highest BCUT2D eigenvalue weighted by Gasteiger charge is 2.19. The minimum Gasteiger partial charge on any atom is -0.250 e. The monoisotopic (exact) mass is 368 g/mol. The maximum Gasteiger partial charge on any atom is 0.162 e. The summed E-state index contributed by atoms with van der Waals surface area (Å²) in [5.74, 6) is -0.596. The molecule has 2 aromatic carbocycles. The van der Waals surface area contributed by atoms with E-state index in [1.54, 1.807) is 35.1 Å². The molecule has 4 aromatic rings. The van der Waals surface area contributed by atoms with E-state index in [-0.39, 0.29) is 16.9 Å². The van der Waals surface area contributed by atoms with Gasteiger partial charge in [-0.3, -0.25) is 4.68 Å². The molecule has 0 spiro atoms. The van der Waals surface area contributed by atoms with E-state index < -0.39 is 0 Å². The smallest absolute Gasteiger partial charge is 0.162 e. The Labute approximate surface area is 152 Å². The lowest BCUT2D eigenvalue weighted by Gasteiger charge is -2.17. The largest absolute Gasteiger partial charge is 0.250 e. The zero-order chi connectivity index (χ0) is 18.1. The van der Waals surface area contributed by atoms with E-state index in [1.165, 1.54) is 42.4 Å². The number of nitrogens with zero attached hydrogens (tertiary/aromatic N) is 4. The molecule has 2 heterocycles. The van der Waals surface area contributed by atoms with E-state index >= 15 is 0 Å². The number of aryl methyl sites for hydroxylation is 1. The first-order chi connectivity index (χ1) is 12.6. The molecular formula is C19H14F2N4S. The molecule has 0 unspecified atom stereocenters. The molecule has 7 heteroatoms. The van der Waals surface area contributed by atoms with Gasteiger partial charge in [0.1, 0.15) is 23.0 Å². The molecule has 0 saturated carbocycles. The third-order valence-corrected chi connectivity index (χ3v) is 5.40. The molecule has 0 bridgehead atoms. The van der Waals surface area contributed by atoms with Gasteiger partial charge in [0, 0.05) is 7.05 Å². The number of halogens is 2. The molecule has 0 aliphatic carbocycles. The van der Waals surface area contributed by atoms with Gasteiger partial charge in [-0.05, 0) is 35.4 Å². The first kappa shape index (κ1) is 16.7. The zero-order valence-corrected chi connectivity index (χ0v) is 14.6. The third-order valence-electron chi connectivity index (χ3n) is 4.07. The summed E-state index contributed by atoms with van der Waals surface area (Å²) in [6.45, 7) is 0. The van der Waals surface area contributed by atoms with Gasteiger partial charge in [-0.15, -0.1) is 0 Å². The van der Waals surface area contributed by atoms with Gasteiger partial charge in [0.2, 0.25) is 0 Å². The van der Waals surface area contributed by atoms with Crippen LogP contribution in [-0.2, 0) is 7.05 Å². The van der Waals surface area contributed by atoms with Crippen LogP contribution in [0.1, 0.15) is 16.4 Å². The number of hydrogen-bond acceptors (Lipinski definition) is 4. The van der Waals surface area contributed by atoms with Gasteiger partial charge in [0.05, 0.1) is 16.8 Å². The highest BCUT2D eigenvalue weighted by Crippen LogP contribution is 2.41. The second kappa shape index (κ2) is 6.84. The van der Waals surface area contributed by atoms with Crippen molar-refractivity contribution in [2.45, 2.75) is 10.3 Å². The Bertz CT molecular complexity index is 1000. The molecule has 0 atom stereocenters. The summed E-state index contributed by atoms with van der Waals surface area (Å²) in [7, 11) is 1.82. The van der Waals surface area contributed by atoms with Gasteiger partial charge in [-0.25, -0.2) is 18.7 Å². The molecule has 0 aliphatic heterocycles. The summed E-state index contributed by atoms with van der Waals surface area (Å²) in [6, 6.07) is 12.6.